The number of rotatable bonds is 4. The van der Waals surface area contributed by atoms with Gasteiger partial charge in [0.1, 0.15) is 0 Å². The first kappa shape index (κ1) is 12.8. The van der Waals surface area contributed by atoms with Gasteiger partial charge in [-0.25, -0.2) is 9.18 Å². The van der Waals surface area contributed by atoms with Crippen LogP contribution in [-0.2, 0) is 4.79 Å². The lowest BCUT2D eigenvalue weighted by atomic mass is 10.2. The largest absolute Gasteiger partial charge is 0.479 e. The van der Waals surface area contributed by atoms with E-state index in [4.69, 9.17) is 5.11 Å². The van der Waals surface area contributed by atoms with Crippen LogP contribution in [0.4, 0.5) is 14.5 Å². The molecule has 1 atom stereocenters. The van der Waals surface area contributed by atoms with Crippen LogP contribution in [0.25, 0.3) is 0 Å². The zero-order valence-corrected chi connectivity index (χ0v) is 8.52. The van der Waals surface area contributed by atoms with E-state index >= 15 is 0 Å². The van der Waals surface area contributed by atoms with E-state index in [1.807, 2.05) is 0 Å². The summed E-state index contributed by atoms with van der Waals surface area (Å²) >= 11 is 0. The highest BCUT2D eigenvalue weighted by molar-refractivity contribution is 5.72. The number of benzene rings is 1. The van der Waals surface area contributed by atoms with Gasteiger partial charge >= 0.3 is 11.7 Å². The van der Waals surface area contributed by atoms with Crippen LogP contribution in [0.5, 0.6) is 5.75 Å². The molecule has 0 aliphatic heterocycles. The quantitative estimate of drug-likeness (QED) is 0.646. The van der Waals surface area contributed by atoms with Crippen LogP contribution in [-0.4, -0.2) is 22.1 Å². The Kier molecular flexibility index (Phi) is 3.56. The first-order valence-corrected chi connectivity index (χ1v) is 4.36. The standard InChI is InChI=1S/C9H7F2NO5/c1-4(9(13)14)17-8-3-5(10)7(12(15)16)2-6(8)11/h2-4H,1H3,(H,13,14). The molecule has 17 heavy (non-hydrogen) atoms. The van der Waals surface area contributed by atoms with Crippen LogP contribution in [0.3, 0.4) is 0 Å². The van der Waals surface area contributed by atoms with Crippen molar-refractivity contribution in [2.45, 2.75) is 13.0 Å². The molecular formula is C9H7F2NO5. The van der Waals surface area contributed by atoms with Gasteiger partial charge in [0.15, 0.2) is 17.7 Å². The van der Waals surface area contributed by atoms with Gasteiger partial charge in [0.05, 0.1) is 11.0 Å². The SMILES string of the molecule is CC(Oc1cc(F)c([N+](=O)[O-])cc1F)C(=O)O. The summed E-state index contributed by atoms with van der Waals surface area (Å²) in [6.45, 7) is 1.11. The van der Waals surface area contributed by atoms with E-state index in [1.165, 1.54) is 0 Å². The molecule has 0 bridgehead atoms. The molecule has 0 amide bonds. The number of halogens is 2. The third-order valence-corrected chi connectivity index (χ3v) is 1.85. The fourth-order valence-corrected chi connectivity index (χ4v) is 0.989. The fourth-order valence-electron chi connectivity index (χ4n) is 0.989. The Morgan fingerprint density at radius 2 is 2.06 bits per heavy atom. The lowest BCUT2D eigenvalue weighted by Gasteiger charge is -2.10. The van der Waals surface area contributed by atoms with Crippen LogP contribution < -0.4 is 4.74 Å². The second-order valence-corrected chi connectivity index (χ2v) is 3.09. The number of carboxylic acids is 1. The van der Waals surface area contributed by atoms with Crippen LogP contribution in [0.15, 0.2) is 12.1 Å². The number of carboxylic acid groups (broad SMARTS) is 1. The summed E-state index contributed by atoms with van der Waals surface area (Å²) in [7, 11) is 0. The number of nitro benzene ring substituents is 1. The Hall–Kier alpha value is -2.25. The van der Waals surface area contributed by atoms with Crippen molar-refractivity contribution < 1.29 is 28.3 Å². The average molecular weight is 247 g/mol. The van der Waals surface area contributed by atoms with Gasteiger partial charge in [0.25, 0.3) is 0 Å². The van der Waals surface area contributed by atoms with Crippen LogP contribution in [0.1, 0.15) is 6.92 Å². The lowest BCUT2D eigenvalue weighted by Crippen LogP contribution is -2.23. The highest BCUT2D eigenvalue weighted by Crippen LogP contribution is 2.26. The Bertz CT molecular complexity index is 477. The van der Waals surface area contributed by atoms with Crippen molar-refractivity contribution >= 4 is 11.7 Å². The molecule has 1 aromatic carbocycles. The van der Waals surface area contributed by atoms with Crippen LogP contribution >= 0.6 is 0 Å². The number of nitro groups is 1. The molecule has 1 rings (SSSR count). The molecule has 1 unspecified atom stereocenters. The maximum Gasteiger partial charge on any atom is 0.344 e. The Balaban J connectivity index is 3.08. The average Bonchev–Trinajstić information content (AvgIpc) is 2.22. The molecule has 0 aromatic heterocycles. The monoisotopic (exact) mass is 247 g/mol. The van der Waals surface area contributed by atoms with Gasteiger partial charge in [-0.05, 0) is 6.92 Å². The molecule has 0 fully saturated rings. The number of aliphatic carboxylic acids is 1. The molecule has 8 heteroatoms. The number of nitrogens with zero attached hydrogens (tertiary/aromatic N) is 1. The predicted molar refractivity (Wildman–Crippen MR) is 50.7 cm³/mol. The summed E-state index contributed by atoms with van der Waals surface area (Å²) < 4.78 is 30.9. The summed E-state index contributed by atoms with van der Waals surface area (Å²) in [5.74, 6) is -4.57. The lowest BCUT2D eigenvalue weighted by molar-refractivity contribution is -0.387. The maximum absolute atomic E-state index is 13.2. The van der Waals surface area contributed by atoms with Gasteiger partial charge in [0.2, 0.25) is 5.82 Å². The minimum absolute atomic E-state index is 0.333. The van der Waals surface area contributed by atoms with Gasteiger partial charge in [0, 0.05) is 6.07 Å². The van der Waals surface area contributed by atoms with Crippen molar-refractivity contribution in [3.05, 3.63) is 33.9 Å². The summed E-state index contributed by atoms with van der Waals surface area (Å²) in [6.07, 6.45) is -1.40. The highest BCUT2D eigenvalue weighted by atomic mass is 19.1. The van der Waals surface area contributed by atoms with E-state index < -0.39 is 40.1 Å². The topological polar surface area (TPSA) is 89.7 Å². The molecule has 0 spiro atoms. The molecule has 0 aliphatic carbocycles. The van der Waals surface area contributed by atoms with Gasteiger partial charge in [-0.1, -0.05) is 0 Å². The molecule has 0 aliphatic rings. The zero-order chi connectivity index (χ0) is 13.2. The summed E-state index contributed by atoms with van der Waals surface area (Å²) in [6, 6.07) is 0.770. The van der Waals surface area contributed by atoms with Crippen molar-refractivity contribution in [3.63, 3.8) is 0 Å². The minimum atomic E-state index is -1.40. The molecular weight excluding hydrogens is 240 g/mol. The number of hydrogen-bond acceptors (Lipinski definition) is 4. The molecule has 92 valence electrons. The second-order valence-electron chi connectivity index (χ2n) is 3.09. The Morgan fingerprint density at radius 3 is 2.53 bits per heavy atom. The van der Waals surface area contributed by atoms with Crippen molar-refractivity contribution in [2.24, 2.45) is 0 Å². The van der Waals surface area contributed by atoms with Gasteiger partial charge in [-0.15, -0.1) is 0 Å². The maximum atomic E-state index is 13.2. The first-order valence-electron chi connectivity index (χ1n) is 4.36. The minimum Gasteiger partial charge on any atom is -0.479 e. The number of carbonyl (C=O) groups is 1. The zero-order valence-electron chi connectivity index (χ0n) is 8.52. The summed E-state index contributed by atoms with van der Waals surface area (Å²) in [5.41, 5.74) is -1.04. The smallest absolute Gasteiger partial charge is 0.344 e. The van der Waals surface area contributed by atoms with E-state index in [1.54, 1.807) is 0 Å². The Labute approximate surface area is 93.6 Å². The first-order chi connectivity index (χ1) is 7.82. The van der Waals surface area contributed by atoms with E-state index in [0.717, 1.165) is 6.92 Å². The van der Waals surface area contributed by atoms with Crippen molar-refractivity contribution in [3.8, 4) is 5.75 Å². The molecule has 1 aromatic rings. The van der Waals surface area contributed by atoms with Crippen molar-refractivity contribution in [1.29, 1.82) is 0 Å². The van der Waals surface area contributed by atoms with Crippen molar-refractivity contribution in [1.82, 2.24) is 0 Å². The molecule has 0 radical (unpaired) electrons. The normalized spacial score (nSPS) is 11.9. The van der Waals surface area contributed by atoms with Gasteiger partial charge in [-0.3, -0.25) is 10.1 Å². The third-order valence-electron chi connectivity index (χ3n) is 1.85. The molecule has 0 heterocycles. The number of hydrogen-bond donors (Lipinski definition) is 1. The summed E-state index contributed by atoms with van der Waals surface area (Å²) in [5, 5.41) is 18.8. The second kappa shape index (κ2) is 4.73. The highest BCUT2D eigenvalue weighted by Gasteiger charge is 2.22. The molecule has 0 saturated heterocycles. The van der Waals surface area contributed by atoms with E-state index in [0.29, 0.717) is 12.1 Å². The van der Waals surface area contributed by atoms with Gasteiger partial charge < -0.3 is 9.84 Å². The Morgan fingerprint density at radius 1 is 1.47 bits per heavy atom. The van der Waals surface area contributed by atoms with Crippen LogP contribution in [0, 0.1) is 21.7 Å². The van der Waals surface area contributed by atoms with Crippen LogP contribution in [0.2, 0.25) is 0 Å². The van der Waals surface area contributed by atoms with Gasteiger partial charge in [-0.2, -0.15) is 4.39 Å². The molecule has 1 N–H and O–H groups in total. The predicted octanol–water partition coefficient (Wildman–Crippen LogP) is 1.72. The molecule has 0 saturated carbocycles. The molecule has 6 nitrogen and oxygen atoms in total. The third kappa shape index (κ3) is 2.86. The van der Waals surface area contributed by atoms with E-state index in [-0.39, 0.29) is 0 Å². The summed E-state index contributed by atoms with van der Waals surface area (Å²) in [4.78, 5) is 19.6. The van der Waals surface area contributed by atoms with E-state index in [2.05, 4.69) is 4.74 Å². The number of ether oxygens (including phenoxy) is 1. The fraction of sp³-hybridized carbons (Fsp3) is 0.222. The van der Waals surface area contributed by atoms with Crippen molar-refractivity contribution in [2.75, 3.05) is 0 Å². The van der Waals surface area contributed by atoms with E-state index in [9.17, 15) is 23.7 Å².